The molecule has 7 heteroatoms. The van der Waals surface area contributed by atoms with Gasteiger partial charge in [0, 0.05) is 48.3 Å². The van der Waals surface area contributed by atoms with Crippen molar-refractivity contribution in [3.05, 3.63) is 51.7 Å². The van der Waals surface area contributed by atoms with Gasteiger partial charge in [0.25, 0.3) is 0 Å². The summed E-state index contributed by atoms with van der Waals surface area (Å²) in [4.78, 5) is 8.63. The Morgan fingerprint density at radius 2 is 2.00 bits per heavy atom. The molecule has 4 rings (SSSR count). The van der Waals surface area contributed by atoms with Gasteiger partial charge in [-0.3, -0.25) is 4.90 Å². The monoisotopic (exact) mass is 407 g/mol. The highest BCUT2D eigenvalue weighted by molar-refractivity contribution is 7.18. The fourth-order valence-electron chi connectivity index (χ4n) is 3.11. The van der Waals surface area contributed by atoms with Crippen molar-refractivity contribution in [2.75, 3.05) is 32.8 Å². The maximum absolute atomic E-state index is 9.23. The minimum atomic E-state index is 0.141. The number of ether oxygens (including phenoxy) is 1. The number of aliphatic hydroxyl groups is 1. The molecule has 1 fully saturated rings. The fourth-order valence-corrected chi connectivity index (χ4v) is 4.31. The van der Waals surface area contributed by atoms with Crippen LogP contribution in [0.5, 0.6) is 0 Å². The number of thiophene rings is 1. The Hall–Kier alpha value is -1.44. The van der Waals surface area contributed by atoms with Crippen molar-refractivity contribution in [1.82, 2.24) is 14.5 Å². The van der Waals surface area contributed by atoms with Gasteiger partial charge in [0.15, 0.2) is 0 Å². The third-order valence-corrected chi connectivity index (χ3v) is 6.23. The molecule has 27 heavy (non-hydrogen) atoms. The lowest BCUT2D eigenvalue weighted by Gasteiger charge is -2.26. The molecule has 0 atom stereocenters. The first-order valence-electron chi connectivity index (χ1n) is 9.15. The molecule has 3 aromatic rings. The molecule has 1 aliphatic heterocycles. The molecule has 146 valence electrons. The second kappa shape index (κ2) is 9.66. The zero-order valence-corrected chi connectivity index (χ0v) is 17.4. The Morgan fingerprint density at radius 3 is 2.63 bits per heavy atom. The van der Waals surface area contributed by atoms with E-state index in [1.54, 1.807) is 17.5 Å². The van der Waals surface area contributed by atoms with Crippen LogP contribution in [0, 0.1) is 13.8 Å². The molecule has 0 amide bonds. The number of pyridine rings is 1. The number of rotatable bonds is 4. The highest BCUT2D eigenvalue weighted by Gasteiger charge is 2.13. The van der Waals surface area contributed by atoms with Crippen LogP contribution < -0.4 is 0 Å². The van der Waals surface area contributed by atoms with E-state index in [4.69, 9.17) is 16.3 Å². The fraction of sp³-hybridized carbons (Fsp3) is 0.450. The van der Waals surface area contributed by atoms with E-state index in [2.05, 4.69) is 33.5 Å². The summed E-state index contributed by atoms with van der Waals surface area (Å²) in [5.41, 5.74) is 2.33. The standard InChI is InChI=1S/C14H20N2O2S.C6H6ClN/c1-11-8-12-9-13(10-17)19-14(12)16(11)3-2-15-4-6-18-7-5-15;1-5-3-2-4-8-6(5)7/h8-9,17H,2-7,10H2,1H3;2-4H,1H3. The number of fused-ring (bicyclic) bond motifs is 1. The van der Waals surface area contributed by atoms with Gasteiger partial charge in [-0.05, 0) is 37.6 Å². The molecule has 0 unspecified atom stereocenters. The summed E-state index contributed by atoms with van der Waals surface area (Å²) < 4.78 is 7.74. The van der Waals surface area contributed by atoms with Gasteiger partial charge in [-0.2, -0.15) is 0 Å². The highest BCUT2D eigenvalue weighted by atomic mass is 35.5. The van der Waals surface area contributed by atoms with Crippen LogP contribution >= 0.6 is 22.9 Å². The van der Waals surface area contributed by atoms with Crippen LogP contribution in [0.2, 0.25) is 5.15 Å². The smallest absolute Gasteiger partial charge is 0.131 e. The summed E-state index contributed by atoms with van der Waals surface area (Å²) in [6.07, 6.45) is 1.68. The lowest BCUT2D eigenvalue weighted by molar-refractivity contribution is 0.0365. The molecular formula is C20H26ClN3O2S. The minimum absolute atomic E-state index is 0.141. The second-order valence-electron chi connectivity index (χ2n) is 6.63. The maximum atomic E-state index is 9.23. The molecule has 4 heterocycles. The number of morpholine rings is 1. The van der Waals surface area contributed by atoms with Gasteiger partial charge < -0.3 is 14.4 Å². The number of nitrogens with zero attached hydrogens (tertiary/aromatic N) is 3. The predicted octanol–water partition coefficient (Wildman–Crippen LogP) is 3.88. The second-order valence-corrected chi connectivity index (χ2v) is 8.11. The van der Waals surface area contributed by atoms with Crippen molar-refractivity contribution in [3.63, 3.8) is 0 Å². The van der Waals surface area contributed by atoms with Crippen molar-refractivity contribution in [2.45, 2.75) is 27.0 Å². The van der Waals surface area contributed by atoms with E-state index in [-0.39, 0.29) is 6.61 Å². The van der Waals surface area contributed by atoms with E-state index >= 15 is 0 Å². The van der Waals surface area contributed by atoms with Gasteiger partial charge in [0.2, 0.25) is 0 Å². The molecule has 3 aromatic heterocycles. The Morgan fingerprint density at radius 1 is 1.22 bits per heavy atom. The van der Waals surface area contributed by atoms with Crippen molar-refractivity contribution in [2.24, 2.45) is 0 Å². The minimum Gasteiger partial charge on any atom is -0.391 e. The third kappa shape index (κ3) is 5.30. The molecule has 1 saturated heterocycles. The Balaban J connectivity index is 0.000000221. The number of halogens is 1. The van der Waals surface area contributed by atoms with Gasteiger partial charge in [-0.15, -0.1) is 11.3 Å². The summed E-state index contributed by atoms with van der Waals surface area (Å²) in [7, 11) is 0. The van der Waals surface area contributed by atoms with Crippen LogP contribution in [0.3, 0.4) is 0 Å². The largest absolute Gasteiger partial charge is 0.391 e. The topological polar surface area (TPSA) is 50.5 Å². The van der Waals surface area contributed by atoms with Crippen LogP contribution in [-0.2, 0) is 17.9 Å². The predicted molar refractivity (Wildman–Crippen MR) is 112 cm³/mol. The van der Waals surface area contributed by atoms with Crippen LogP contribution in [0.15, 0.2) is 30.5 Å². The van der Waals surface area contributed by atoms with E-state index in [0.717, 1.165) is 49.8 Å². The zero-order valence-electron chi connectivity index (χ0n) is 15.8. The van der Waals surface area contributed by atoms with Crippen molar-refractivity contribution >= 4 is 33.2 Å². The first-order valence-corrected chi connectivity index (χ1v) is 10.3. The number of hydrogen-bond donors (Lipinski definition) is 1. The Bertz CT molecular complexity index is 850. The molecule has 5 nitrogen and oxygen atoms in total. The number of aromatic nitrogens is 2. The number of aliphatic hydroxyl groups excluding tert-OH is 1. The summed E-state index contributed by atoms with van der Waals surface area (Å²) in [5.74, 6) is 0. The molecular weight excluding hydrogens is 382 g/mol. The number of aryl methyl sites for hydroxylation is 2. The molecule has 0 saturated carbocycles. The summed E-state index contributed by atoms with van der Waals surface area (Å²) >= 11 is 7.30. The normalized spacial score (nSPS) is 15.0. The third-order valence-electron chi connectivity index (χ3n) is 4.67. The summed E-state index contributed by atoms with van der Waals surface area (Å²) in [5, 5.41) is 11.1. The van der Waals surface area contributed by atoms with Crippen LogP contribution in [0.4, 0.5) is 0 Å². The number of hydrogen-bond acceptors (Lipinski definition) is 5. The molecule has 0 aromatic carbocycles. The summed E-state index contributed by atoms with van der Waals surface area (Å²) in [6.45, 7) is 10.1. The van der Waals surface area contributed by atoms with Crippen LogP contribution in [-0.4, -0.2) is 52.4 Å². The average Bonchev–Trinajstić information content (AvgIpc) is 3.20. The highest BCUT2D eigenvalue weighted by Crippen LogP contribution is 2.29. The van der Waals surface area contributed by atoms with Gasteiger partial charge >= 0.3 is 0 Å². The first-order chi connectivity index (χ1) is 13.1. The zero-order chi connectivity index (χ0) is 19.2. The van der Waals surface area contributed by atoms with Crippen molar-refractivity contribution < 1.29 is 9.84 Å². The van der Waals surface area contributed by atoms with E-state index in [1.807, 2.05) is 19.1 Å². The first kappa shape index (κ1) is 20.3. The molecule has 1 N–H and O–H groups in total. The van der Waals surface area contributed by atoms with Gasteiger partial charge in [-0.1, -0.05) is 17.7 Å². The quantitative estimate of drug-likeness (QED) is 0.667. The maximum Gasteiger partial charge on any atom is 0.131 e. The van der Waals surface area contributed by atoms with E-state index < -0.39 is 0 Å². The summed E-state index contributed by atoms with van der Waals surface area (Å²) in [6, 6.07) is 8.10. The van der Waals surface area contributed by atoms with E-state index in [0.29, 0.717) is 5.15 Å². The lowest BCUT2D eigenvalue weighted by atomic mass is 10.3. The van der Waals surface area contributed by atoms with Crippen molar-refractivity contribution in [3.8, 4) is 0 Å². The van der Waals surface area contributed by atoms with E-state index in [1.165, 1.54) is 15.9 Å². The van der Waals surface area contributed by atoms with E-state index in [9.17, 15) is 5.11 Å². The van der Waals surface area contributed by atoms with Crippen LogP contribution in [0.25, 0.3) is 10.2 Å². The molecule has 0 spiro atoms. The molecule has 0 bridgehead atoms. The van der Waals surface area contributed by atoms with Gasteiger partial charge in [-0.25, -0.2) is 4.98 Å². The van der Waals surface area contributed by atoms with Crippen molar-refractivity contribution in [1.29, 1.82) is 0 Å². The SMILES string of the molecule is Cc1cc2cc(CO)sc2n1CCN1CCOCC1.Cc1cccnc1Cl. The molecule has 0 radical (unpaired) electrons. The molecule has 1 aliphatic rings. The van der Waals surface area contributed by atoms with Crippen LogP contribution in [0.1, 0.15) is 16.1 Å². The Kier molecular flexibility index (Phi) is 7.26. The lowest BCUT2D eigenvalue weighted by Crippen LogP contribution is -2.38. The average molecular weight is 408 g/mol. The Labute approximate surface area is 169 Å². The molecule has 0 aliphatic carbocycles. The van der Waals surface area contributed by atoms with Gasteiger partial charge in [0.05, 0.1) is 19.8 Å². The van der Waals surface area contributed by atoms with Gasteiger partial charge in [0.1, 0.15) is 9.98 Å².